The third-order valence-corrected chi connectivity index (χ3v) is 4.27. The van der Waals surface area contributed by atoms with E-state index in [1.54, 1.807) is 32.2 Å². The largest absolute Gasteiger partial charge is 0.497 e. The fourth-order valence-electron chi connectivity index (χ4n) is 2.84. The van der Waals surface area contributed by atoms with Crippen LogP contribution in [0.5, 0.6) is 11.5 Å². The van der Waals surface area contributed by atoms with Crippen molar-refractivity contribution in [2.45, 2.75) is 25.4 Å². The number of benzene rings is 1. The molecule has 2 rings (SSSR count). The van der Waals surface area contributed by atoms with Crippen molar-refractivity contribution in [3.63, 3.8) is 0 Å². The van der Waals surface area contributed by atoms with Crippen LogP contribution < -0.4 is 15.2 Å². The third kappa shape index (κ3) is 5.26. The average Bonchev–Trinajstić information content (AvgIpc) is 2.60. The fraction of sp³-hybridized carbons (Fsp3) is 0.588. The second-order valence-electron chi connectivity index (χ2n) is 5.89. The maximum Gasteiger partial charge on any atom is 0.239 e. The smallest absolute Gasteiger partial charge is 0.239 e. The predicted molar refractivity (Wildman–Crippen MR) is 94.8 cm³/mol. The highest BCUT2D eigenvalue weighted by atomic mass is 35.5. The summed E-state index contributed by atoms with van der Waals surface area (Å²) in [6.07, 6.45) is 1.68. The first-order valence-corrected chi connectivity index (χ1v) is 7.85. The first-order valence-electron chi connectivity index (χ1n) is 7.85. The van der Waals surface area contributed by atoms with Gasteiger partial charge in [-0.3, -0.25) is 4.79 Å². The average molecular weight is 359 g/mol. The highest BCUT2D eigenvalue weighted by Crippen LogP contribution is 2.24. The number of hydrogen-bond acceptors (Lipinski definition) is 5. The summed E-state index contributed by atoms with van der Waals surface area (Å²) in [6.45, 7) is 1.83. The number of hydrogen-bond donors (Lipinski definition) is 1. The Hall–Kier alpha value is -1.50. The van der Waals surface area contributed by atoms with E-state index in [9.17, 15) is 4.79 Å². The second-order valence-corrected chi connectivity index (χ2v) is 5.89. The highest BCUT2D eigenvalue weighted by Gasteiger charge is 2.28. The molecule has 0 aromatic heterocycles. The lowest BCUT2D eigenvalue weighted by atomic mass is 9.91. The van der Waals surface area contributed by atoms with Crippen LogP contribution in [0.1, 0.15) is 18.4 Å². The Bertz CT molecular complexity index is 513. The van der Waals surface area contributed by atoms with Crippen LogP contribution in [0.4, 0.5) is 0 Å². The normalized spacial score (nSPS) is 16.0. The summed E-state index contributed by atoms with van der Waals surface area (Å²) in [5.41, 5.74) is 7.10. The summed E-state index contributed by atoms with van der Waals surface area (Å²) >= 11 is 0. The van der Waals surface area contributed by atoms with E-state index in [1.807, 2.05) is 12.1 Å². The van der Waals surface area contributed by atoms with E-state index in [1.165, 1.54) is 0 Å². The maximum absolute atomic E-state index is 12.6. The molecule has 1 fully saturated rings. The van der Waals surface area contributed by atoms with Crippen molar-refractivity contribution >= 4 is 18.3 Å². The summed E-state index contributed by atoms with van der Waals surface area (Å²) in [6, 6.07) is 5.12. The van der Waals surface area contributed by atoms with Crippen molar-refractivity contribution in [1.82, 2.24) is 4.90 Å². The van der Waals surface area contributed by atoms with Crippen molar-refractivity contribution < 1.29 is 19.0 Å². The zero-order valence-electron chi connectivity index (χ0n) is 14.5. The Morgan fingerprint density at radius 3 is 2.29 bits per heavy atom. The molecule has 0 aliphatic carbocycles. The first-order chi connectivity index (χ1) is 11.0. The number of nitrogens with zero attached hydrogens (tertiary/aromatic N) is 1. The standard InChI is InChI=1S/C17H26N2O4.ClH/c1-19(17(20)16(18)13-4-6-23-7-5-13)11-12-8-14(21-2)10-15(9-12)22-3;/h8-10,13,16H,4-7,11,18H2,1-3H3;1H. The lowest BCUT2D eigenvalue weighted by molar-refractivity contribution is -0.133. The predicted octanol–water partition coefficient (Wildman–Crippen LogP) is 1.84. The summed E-state index contributed by atoms with van der Waals surface area (Å²) in [5, 5.41) is 0. The molecule has 1 aliphatic rings. The van der Waals surface area contributed by atoms with E-state index in [4.69, 9.17) is 19.9 Å². The number of amides is 1. The molecule has 1 aliphatic heterocycles. The van der Waals surface area contributed by atoms with Gasteiger partial charge in [-0.25, -0.2) is 0 Å². The highest BCUT2D eigenvalue weighted by molar-refractivity contribution is 5.85. The molecule has 1 heterocycles. The molecule has 0 bridgehead atoms. The number of carbonyl (C=O) groups is 1. The van der Waals surface area contributed by atoms with Crippen molar-refractivity contribution in [1.29, 1.82) is 0 Å². The number of rotatable bonds is 6. The molecule has 7 heteroatoms. The van der Waals surface area contributed by atoms with Crippen LogP contribution in [-0.2, 0) is 16.1 Å². The number of halogens is 1. The van der Waals surface area contributed by atoms with E-state index in [0.29, 0.717) is 31.3 Å². The zero-order chi connectivity index (χ0) is 16.8. The molecule has 1 saturated heterocycles. The number of methoxy groups -OCH3 is 2. The molecule has 0 saturated carbocycles. The topological polar surface area (TPSA) is 74.0 Å². The third-order valence-electron chi connectivity index (χ3n) is 4.27. The van der Waals surface area contributed by atoms with E-state index in [2.05, 4.69) is 0 Å². The quantitative estimate of drug-likeness (QED) is 0.839. The number of nitrogens with two attached hydrogens (primary N) is 1. The van der Waals surface area contributed by atoms with Crippen LogP contribution >= 0.6 is 12.4 Å². The van der Waals surface area contributed by atoms with Crippen LogP contribution in [0.25, 0.3) is 0 Å². The number of carbonyl (C=O) groups excluding carboxylic acids is 1. The van der Waals surface area contributed by atoms with Gasteiger partial charge in [-0.05, 0) is 36.5 Å². The SMILES string of the molecule is COc1cc(CN(C)C(=O)C(N)C2CCOCC2)cc(OC)c1.Cl. The van der Waals surface area contributed by atoms with E-state index in [0.717, 1.165) is 18.4 Å². The molecule has 1 unspecified atom stereocenters. The van der Waals surface area contributed by atoms with Crippen molar-refractivity contribution in [2.75, 3.05) is 34.5 Å². The molecule has 1 amide bonds. The van der Waals surface area contributed by atoms with Crippen LogP contribution in [0.2, 0.25) is 0 Å². The molecule has 24 heavy (non-hydrogen) atoms. The monoisotopic (exact) mass is 358 g/mol. The Labute approximate surface area is 149 Å². The van der Waals surface area contributed by atoms with Crippen LogP contribution in [-0.4, -0.2) is 51.3 Å². The molecular formula is C17H27ClN2O4. The van der Waals surface area contributed by atoms with Crippen LogP contribution in [0.3, 0.4) is 0 Å². The first kappa shape index (κ1) is 20.5. The lowest BCUT2D eigenvalue weighted by Crippen LogP contribution is -2.47. The maximum atomic E-state index is 12.6. The Kier molecular flexibility index (Phi) is 8.31. The van der Waals surface area contributed by atoms with Gasteiger partial charge in [0, 0.05) is 32.9 Å². The molecule has 1 aromatic carbocycles. The van der Waals surface area contributed by atoms with Gasteiger partial charge in [0.25, 0.3) is 0 Å². The van der Waals surface area contributed by atoms with Gasteiger partial charge in [0.15, 0.2) is 0 Å². The minimum Gasteiger partial charge on any atom is -0.497 e. The van der Waals surface area contributed by atoms with Gasteiger partial charge in [0.05, 0.1) is 20.3 Å². The van der Waals surface area contributed by atoms with Crippen molar-refractivity contribution in [2.24, 2.45) is 11.7 Å². The fourth-order valence-corrected chi connectivity index (χ4v) is 2.84. The van der Waals surface area contributed by atoms with Crippen molar-refractivity contribution in [3.05, 3.63) is 23.8 Å². The molecule has 6 nitrogen and oxygen atoms in total. The molecule has 1 atom stereocenters. The van der Waals surface area contributed by atoms with E-state index in [-0.39, 0.29) is 24.2 Å². The Balaban J connectivity index is 0.00000288. The van der Waals surface area contributed by atoms with Gasteiger partial charge in [0.2, 0.25) is 5.91 Å². The van der Waals surface area contributed by atoms with E-state index >= 15 is 0 Å². The summed E-state index contributed by atoms with van der Waals surface area (Å²) in [5.74, 6) is 1.56. The number of likely N-dealkylation sites (N-methyl/N-ethyl adjacent to an activating group) is 1. The summed E-state index contributed by atoms with van der Waals surface area (Å²) in [4.78, 5) is 14.2. The molecule has 2 N–H and O–H groups in total. The van der Waals surface area contributed by atoms with Gasteiger partial charge in [0.1, 0.15) is 11.5 Å². The van der Waals surface area contributed by atoms with Gasteiger partial charge < -0.3 is 24.8 Å². The summed E-state index contributed by atoms with van der Waals surface area (Å²) in [7, 11) is 4.98. The minimum atomic E-state index is -0.476. The molecule has 136 valence electrons. The van der Waals surface area contributed by atoms with E-state index < -0.39 is 6.04 Å². The number of ether oxygens (including phenoxy) is 3. The van der Waals surface area contributed by atoms with Crippen LogP contribution in [0, 0.1) is 5.92 Å². The molecular weight excluding hydrogens is 332 g/mol. The Morgan fingerprint density at radius 1 is 1.25 bits per heavy atom. The Morgan fingerprint density at radius 2 is 1.79 bits per heavy atom. The van der Waals surface area contributed by atoms with Crippen LogP contribution in [0.15, 0.2) is 18.2 Å². The zero-order valence-corrected chi connectivity index (χ0v) is 15.3. The summed E-state index contributed by atoms with van der Waals surface area (Å²) < 4.78 is 15.8. The molecule has 1 aromatic rings. The van der Waals surface area contributed by atoms with Gasteiger partial charge in [-0.1, -0.05) is 0 Å². The van der Waals surface area contributed by atoms with Gasteiger partial charge >= 0.3 is 0 Å². The minimum absolute atomic E-state index is 0. The van der Waals surface area contributed by atoms with Gasteiger partial charge in [-0.2, -0.15) is 0 Å². The molecule has 0 spiro atoms. The molecule has 0 radical (unpaired) electrons. The lowest BCUT2D eigenvalue weighted by Gasteiger charge is -2.30. The second kappa shape index (κ2) is 9.71. The van der Waals surface area contributed by atoms with Gasteiger partial charge in [-0.15, -0.1) is 12.4 Å². The van der Waals surface area contributed by atoms with Crippen molar-refractivity contribution in [3.8, 4) is 11.5 Å².